The van der Waals surface area contributed by atoms with Crippen LogP contribution in [-0.2, 0) is 15.0 Å². The van der Waals surface area contributed by atoms with E-state index in [0.29, 0.717) is 15.7 Å². The fourth-order valence-corrected chi connectivity index (χ4v) is 6.00. The molecule has 0 spiro atoms. The van der Waals surface area contributed by atoms with E-state index in [-0.39, 0.29) is 6.42 Å². The summed E-state index contributed by atoms with van der Waals surface area (Å²) >= 11 is 7.53. The lowest BCUT2D eigenvalue weighted by molar-refractivity contribution is -0.120. The van der Waals surface area contributed by atoms with E-state index in [4.69, 9.17) is 16.3 Å². The minimum atomic E-state index is -3.88. The number of halogens is 1. The number of hydrogen-bond donors (Lipinski definition) is 2. The topological polar surface area (TPSA) is 101 Å². The molecule has 2 aromatic carbocycles. The van der Waals surface area contributed by atoms with E-state index in [1.54, 1.807) is 31.5 Å². The van der Waals surface area contributed by atoms with E-state index in [1.165, 1.54) is 18.4 Å². The van der Waals surface area contributed by atoms with Crippen molar-refractivity contribution in [2.24, 2.45) is 0 Å². The lowest BCUT2D eigenvalue weighted by atomic mass is 10.1. The van der Waals surface area contributed by atoms with E-state index >= 15 is 0 Å². The second-order valence-corrected chi connectivity index (χ2v) is 10.9. The standard InChI is InChI=1S/C22H23ClN4O4S2/c1-13-4-7-15(10-17(13)23)25-21(28)19-11-18(26-33(29,30)27(19)2)22-24-12-20(32-22)14-5-8-16(31-3)9-6-14/h4-10,12,18-19,26H,11H2,1-3H3,(H,25,28)/t18-,19+/m0/s1. The zero-order valence-electron chi connectivity index (χ0n) is 18.2. The number of aryl methyl sites for hydroxylation is 1. The van der Waals surface area contributed by atoms with Gasteiger partial charge >= 0.3 is 0 Å². The maximum Gasteiger partial charge on any atom is 0.280 e. The number of aromatic nitrogens is 1. The van der Waals surface area contributed by atoms with Gasteiger partial charge < -0.3 is 10.1 Å². The van der Waals surface area contributed by atoms with Gasteiger partial charge in [-0.15, -0.1) is 11.3 Å². The van der Waals surface area contributed by atoms with Gasteiger partial charge in [-0.2, -0.15) is 17.4 Å². The predicted octanol–water partition coefficient (Wildman–Crippen LogP) is 4.00. The Kier molecular flexibility index (Phi) is 6.73. The van der Waals surface area contributed by atoms with Crippen LogP contribution in [0.25, 0.3) is 10.4 Å². The van der Waals surface area contributed by atoms with Gasteiger partial charge in [0.15, 0.2) is 0 Å². The summed E-state index contributed by atoms with van der Waals surface area (Å²) in [7, 11) is -0.890. The van der Waals surface area contributed by atoms with Crippen molar-refractivity contribution in [3.63, 3.8) is 0 Å². The van der Waals surface area contributed by atoms with Crippen molar-refractivity contribution in [2.75, 3.05) is 19.5 Å². The van der Waals surface area contributed by atoms with Gasteiger partial charge in [0.05, 0.1) is 18.0 Å². The molecular weight excluding hydrogens is 484 g/mol. The molecule has 2 atom stereocenters. The van der Waals surface area contributed by atoms with Crippen molar-refractivity contribution in [3.05, 3.63) is 64.3 Å². The summed E-state index contributed by atoms with van der Waals surface area (Å²) in [4.78, 5) is 18.3. The smallest absolute Gasteiger partial charge is 0.280 e. The Morgan fingerprint density at radius 1 is 1.27 bits per heavy atom. The van der Waals surface area contributed by atoms with Crippen LogP contribution in [0.3, 0.4) is 0 Å². The maximum atomic E-state index is 13.0. The first kappa shape index (κ1) is 23.7. The molecule has 0 saturated carbocycles. The highest BCUT2D eigenvalue weighted by atomic mass is 35.5. The molecule has 3 aromatic rings. The summed E-state index contributed by atoms with van der Waals surface area (Å²) in [5, 5.41) is 3.89. The zero-order chi connectivity index (χ0) is 23.8. The molecule has 1 aliphatic heterocycles. The molecule has 2 N–H and O–H groups in total. The van der Waals surface area contributed by atoms with E-state index in [2.05, 4.69) is 15.0 Å². The minimum Gasteiger partial charge on any atom is -0.497 e. The fourth-order valence-electron chi connectivity index (χ4n) is 3.51. The molecule has 1 amide bonds. The Labute approximate surface area is 201 Å². The average Bonchev–Trinajstić information content (AvgIpc) is 3.28. The first-order valence-electron chi connectivity index (χ1n) is 10.1. The number of nitrogens with one attached hydrogen (secondary N) is 2. The zero-order valence-corrected chi connectivity index (χ0v) is 20.6. The molecular formula is C22H23ClN4O4S2. The minimum absolute atomic E-state index is 0.233. The monoisotopic (exact) mass is 506 g/mol. The van der Waals surface area contributed by atoms with Gasteiger partial charge in [-0.25, -0.2) is 4.98 Å². The molecule has 0 aliphatic carbocycles. The molecule has 11 heteroatoms. The van der Waals surface area contributed by atoms with Crippen molar-refractivity contribution >= 4 is 44.7 Å². The Bertz CT molecular complexity index is 1280. The first-order chi connectivity index (χ1) is 15.7. The number of benzene rings is 2. The summed E-state index contributed by atoms with van der Waals surface area (Å²) in [5.41, 5.74) is 2.33. The number of anilines is 1. The number of thiazole rings is 1. The van der Waals surface area contributed by atoms with Crippen molar-refractivity contribution in [1.29, 1.82) is 0 Å². The summed E-state index contributed by atoms with van der Waals surface area (Å²) in [6.45, 7) is 1.86. The maximum absolute atomic E-state index is 13.0. The predicted molar refractivity (Wildman–Crippen MR) is 130 cm³/mol. The van der Waals surface area contributed by atoms with Gasteiger partial charge in [0.1, 0.15) is 16.8 Å². The van der Waals surface area contributed by atoms with Crippen LogP contribution in [0.1, 0.15) is 23.0 Å². The molecule has 33 heavy (non-hydrogen) atoms. The Hall–Kier alpha value is -2.50. The van der Waals surface area contributed by atoms with E-state index in [9.17, 15) is 13.2 Å². The van der Waals surface area contributed by atoms with Gasteiger partial charge in [0, 0.05) is 24.0 Å². The number of nitrogens with zero attached hydrogens (tertiary/aromatic N) is 2. The summed E-state index contributed by atoms with van der Waals surface area (Å²) in [6, 6.07) is 11.2. The Balaban J connectivity index is 1.55. The highest BCUT2D eigenvalue weighted by molar-refractivity contribution is 7.87. The van der Waals surface area contributed by atoms with Gasteiger partial charge in [-0.05, 0) is 60.9 Å². The molecule has 1 aromatic heterocycles. The SMILES string of the molecule is COc1ccc(-c2cnc([C@@H]3C[C@H](C(=O)Nc4ccc(C)c(Cl)c4)N(C)S(=O)(=O)N3)s2)cc1. The lowest BCUT2D eigenvalue weighted by Gasteiger charge is -2.35. The molecule has 4 rings (SSSR count). The molecule has 174 valence electrons. The number of ether oxygens (including phenoxy) is 1. The number of carbonyl (C=O) groups is 1. The quantitative estimate of drug-likeness (QED) is 0.544. The van der Waals surface area contributed by atoms with Crippen molar-refractivity contribution in [1.82, 2.24) is 14.0 Å². The number of carbonyl (C=O) groups excluding carboxylic acids is 1. The second kappa shape index (κ2) is 9.40. The van der Waals surface area contributed by atoms with E-state index in [0.717, 1.165) is 26.1 Å². The van der Waals surface area contributed by atoms with Crippen LogP contribution in [0.2, 0.25) is 5.02 Å². The second-order valence-electron chi connectivity index (χ2n) is 7.69. The normalized spacial score (nSPS) is 20.4. The van der Waals surface area contributed by atoms with Crippen molar-refractivity contribution in [3.8, 4) is 16.2 Å². The van der Waals surface area contributed by atoms with E-state index in [1.807, 2.05) is 31.2 Å². The Morgan fingerprint density at radius 2 is 2.00 bits per heavy atom. The van der Waals surface area contributed by atoms with Crippen molar-refractivity contribution in [2.45, 2.75) is 25.4 Å². The third kappa shape index (κ3) is 5.04. The summed E-state index contributed by atoms with van der Waals surface area (Å²) < 4.78 is 34.4. The third-order valence-corrected chi connectivity index (χ3v) is 8.67. The largest absolute Gasteiger partial charge is 0.497 e. The van der Waals surface area contributed by atoms with Crippen LogP contribution in [0.4, 0.5) is 5.69 Å². The summed E-state index contributed by atoms with van der Waals surface area (Å²) in [5.74, 6) is 0.315. The molecule has 8 nitrogen and oxygen atoms in total. The molecule has 0 unspecified atom stereocenters. The number of hydrogen-bond acceptors (Lipinski definition) is 6. The van der Waals surface area contributed by atoms with Gasteiger partial charge in [-0.1, -0.05) is 17.7 Å². The molecule has 1 fully saturated rings. The number of rotatable bonds is 5. The third-order valence-electron chi connectivity index (χ3n) is 5.51. The average molecular weight is 507 g/mol. The molecule has 1 aliphatic rings. The molecule has 2 heterocycles. The van der Waals surface area contributed by atoms with Crippen molar-refractivity contribution < 1.29 is 17.9 Å². The van der Waals surface area contributed by atoms with Crippen LogP contribution in [0.5, 0.6) is 5.75 Å². The van der Waals surface area contributed by atoms with Crippen LogP contribution in [0, 0.1) is 6.92 Å². The number of likely N-dealkylation sites (N-methyl/N-ethyl adjacent to an activating group) is 1. The van der Waals surface area contributed by atoms with Crippen LogP contribution >= 0.6 is 22.9 Å². The number of amides is 1. The van der Waals surface area contributed by atoms with Gasteiger partial charge in [0.25, 0.3) is 10.2 Å². The highest BCUT2D eigenvalue weighted by Gasteiger charge is 2.41. The van der Waals surface area contributed by atoms with Gasteiger partial charge in [0.2, 0.25) is 5.91 Å². The number of methoxy groups -OCH3 is 1. The first-order valence-corrected chi connectivity index (χ1v) is 12.7. The lowest BCUT2D eigenvalue weighted by Crippen LogP contribution is -2.55. The van der Waals surface area contributed by atoms with Crippen LogP contribution < -0.4 is 14.8 Å². The van der Waals surface area contributed by atoms with E-state index < -0.39 is 28.2 Å². The Morgan fingerprint density at radius 3 is 2.67 bits per heavy atom. The fraction of sp³-hybridized carbons (Fsp3) is 0.273. The molecule has 0 radical (unpaired) electrons. The molecule has 0 bridgehead atoms. The summed E-state index contributed by atoms with van der Waals surface area (Å²) in [6.07, 6.45) is 1.94. The van der Waals surface area contributed by atoms with Gasteiger partial charge in [-0.3, -0.25) is 4.79 Å². The molecule has 1 saturated heterocycles. The highest BCUT2D eigenvalue weighted by Crippen LogP contribution is 2.35. The van der Waals surface area contributed by atoms with Crippen LogP contribution in [-0.4, -0.2) is 43.8 Å². The van der Waals surface area contributed by atoms with Crippen LogP contribution in [0.15, 0.2) is 48.7 Å².